The van der Waals surface area contributed by atoms with Crippen LogP contribution in [0.25, 0.3) is 0 Å². The van der Waals surface area contributed by atoms with Crippen molar-refractivity contribution in [2.75, 3.05) is 7.11 Å². The van der Waals surface area contributed by atoms with Gasteiger partial charge in [-0.15, -0.1) is 0 Å². The fourth-order valence-electron chi connectivity index (χ4n) is 1.92. The van der Waals surface area contributed by atoms with Crippen LogP contribution in [0.15, 0.2) is 42.5 Å². The van der Waals surface area contributed by atoms with Crippen LogP contribution in [0.5, 0.6) is 0 Å². The van der Waals surface area contributed by atoms with Gasteiger partial charge in [0.05, 0.1) is 12.7 Å². The highest BCUT2D eigenvalue weighted by atomic mass is 35.5. The lowest BCUT2D eigenvalue weighted by atomic mass is 10.00. The Bertz CT molecular complexity index is 591. The van der Waals surface area contributed by atoms with Gasteiger partial charge in [-0.3, -0.25) is 0 Å². The summed E-state index contributed by atoms with van der Waals surface area (Å²) in [7, 11) is 1.33. The number of ether oxygens (including phenoxy) is 1. The summed E-state index contributed by atoms with van der Waals surface area (Å²) in [6.07, 6.45) is 0.419. The van der Waals surface area contributed by atoms with E-state index in [-0.39, 0.29) is 0 Å². The quantitative estimate of drug-likeness (QED) is 0.797. The first-order valence-electron chi connectivity index (χ1n) is 5.71. The van der Waals surface area contributed by atoms with E-state index in [1.807, 2.05) is 12.1 Å². The van der Waals surface area contributed by atoms with Gasteiger partial charge in [0.25, 0.3) is 0 Å². The van der Waals surface area contributed by atoms with Crippen LogP contribution in [0.3, 0.4) is 0 Å². The first-order valence-corrected chi connectivity index (χ1v) is 6.09. The maximum atomic E-state index is 13.3. The molecule has 2 nitrogen and oxygen atoms in total. The van der Waals surface area contributed by atoms with E-state index >= 15 is 0 Å². The Morgan fingerprint density at radius 3 is 2.68 bits per heavy atom. The number of methoxy groups -OCH3 is 1. The van der Waals surface area contributed by atoms with E-state index in [9.17, 15) is 9.18 Å². The van der Waals surface area contributed by atoms with Crippen LogP contribution < -0.4 is 0 Å². The van der Waals surface area contributed by atoms with E-state index in [1.54, 1.807) is 18.2 Å². The highest BCUT2D eigenvalue weighted by molar-refractivity contribution is 6.30. The molecule has 0 fully saturated rings. The minimum atomic E-state index is -0.405. The average molecular weight is 279 g/mol. The second-order valence-corrected chi connectivity index (χ2v) is 4.54. The van der Waals surface area contributed by atoms with Crippen LogP contribution in [0.1, 0.15) is 21.5 Å². The summed E-state index contributed by atoms with van der Waals surface area (Å²) >= 11 is 5.81. The lowest BCUT2D eigenvalue weighted by Gasteiger charge is -2.08. The third-order valence-corrected chi connectivity index (χ3v) is 2.96. The summed E-state index contributed by atoms with van der Waals surface area (Å²) in [6, 6.07) is 11.4. The van der Waals surface area contributed by atoms with Gasteiger partial charge in [0.15, 0.2) is 0 Å². The predicted molar refractivity (Wildman–Crippen MR) is 72.0 cm³/mol. The SMILES string of the molecule is COC(=O)c1ccccc1Cc1cc(F)cc(Cl)c1. The van der Waals surface area contributed by atoms with Crippen molar-refractivity contribution in [1.82, 2.24) is 0 Å². The molecule has 0 saturated carbocycles. The molecule has 2 rings (SSSR count). The smallest absolute Gasteiger partial charge is 0.338 e. The predicted octanol–water partition coefficient (Wildman–Crippen LogP) is 3.86. The van der Waals surface area contributed by atoms with E-state index in [1.165, 1.54) is 19.2 Å². The summed E-state index contributed by atoms with van der Waals surface area (Å²) in [5.74, 6) is -0.795. The van der Waals surface area contributed by atoms with Crippen LogP contribution in [0, 0.1) is 5.82 Å². The van der Waals surface area contributed by atoms with Crippen molar-refractivity contribution in [2.45, 2.75) is 6.42 Å². The monoisotopic (exact) mass is 278 g/mol. The van der Waals surface area contributed by atoms with E-state index in [2.05, 4.69) is 0 Å². The largest absolute Gasteiger partial charge is 0.465 e. The first-order chi connectivity index (χ1) is 9.10. The lowest BCUT2D eigenvalue weighted by molar-refractivity contribution is 0.0599. The van der Waals surface area contributed by atoms with Gasteiger partial charge in [0, 0.05) is 5.02 Å². The molecule has 0 aliphatic carbocycles. The number of rotatable bonds is 3. The molecule has 98 valence electrons. The van der Waals surface area contributed by atoms with Crippen molar-refractivity contribution in [3.8, 4) is 0 Å². The minimum Gasteiger partial charge on any atom is -0.465 e. The number of hydrogen-bond donors (Lipinski definition) is 0. The molecule has 4 heteroatoms. The molecule has 0 aliphatic heterocycles. The lowest BCUT2D eigenvalue weighted by Crippen LogP contribution is -2.06. The Balaban J connectivity index is 2.35. The number of halogens is 2. The number of benzene rings is 2. The molecular weight excluding hydrogens is 267 g/mol. The zero-order valence-corrected chi connectivity index (χ0v) is 11.1. The molecule has 2 aromatic carbocycles. The van der Waals surface area contributed by atoms with Gasteiger partial charge in [-0.25, -0.2) is 9.18 Å². The number of hydrogen-bond acceptors (Lipinski definition) is 2. The summed E-state index contributed by atoms with van der Waals surface area (Å²) in [6.45, 7) is 0. The van der Waals surface area contributed by atoms with Crippen molar-refractivity contribution in [2.24, 2.45) is 0 Å². The molecule has 0 heterocycles. The van der Waals surface area contributed by atoms with Gasteiger partial charge in [0.1, 0.15) is 5.82 Å². The van der Waals surface area contributed by atoms with Crippen LogP contribution >= 0.6 is 11.6 Å². The number of carbonyl (C=O) groups is 1. The summed E-state index contributed by atoms with van der Waals surface area (Å²) in [5.41, 5.74) is 1.96. The van der Waals surface area contributed by atoms with Crippen molar-refractivity contribution in [3.05, 3.63) is 70.0 Å². The number of carbonyl (C=O) groups excluding carboxylic acids is 1. The fraction of sp³-hybridized carbons (Fsp3) is 0.133. The second kappa shape index (κ2) is 5.85. The standard InChI is InChI=1S/C15H12ClFO2/c1-19-15(18)14-5-3-2-4-11(14)6-10-7-12(16)9-13(17)8-10/h2-5,7-9H,6H2,1H3. The Hall–Kier alpha value is -1.87. The Labute approximate surface area is 115 Å². The average Bonchev–Trinajstić information content (AvgIpc) is 2.37. The third-order valence-electron chi connectivity index (χ3n) is 2.74. The molecule has 0 radical (unpaired) electrons. The molecule has 0 bridgehead atoms. The van der Waals surface area contributed by atoms with Gasteiger partial charge < -0.3 is 4.74 Å². The Kier molecular flexibility index (Phi) is 4.17. The molecule has 0 unspecified atom stereocenters. The molecule has 2 aromatic rings. The summed E-state index contributed by atoms with van der Waals surface area (Å²) < 4.78 is 18.0. The first kappa shape index (κ1) is 13.6. The van der Waals surface area contributed by atoms with Gasteiger partial charge in [0.2, 0.25) is 0 Å². The zero-order valence-electron chi connectivity index (χ0n) is 10.3. The molecule has 0 amide bonds. The van der Waals surface area contributed by atoms with Gasteiger partial charge in [-0.05, 0) is 41.8 Å². The Morgan fingerprint density at radius 1 is 1.26 bits per heavy atom. The van der Waals surface area contributed by atoms with Crippen molar-refractivity contribution in [3.63, 3.8) is 0 Å². The number of esters is 1. The molecule has 0 aliphatic rings. The van der Waals surface area contributed by atoms with Gasteiger partial charge in [-0.2, -0.15) is 0 Å². The third kappa shape index (κ3) is 3.32. The maximum Gasteiger partial charge on any atom is 0.338 e. The second-order valence-electron chi connectivity index (χ2n) is 4.10. The highest BCUT2D eigenvalue weighted by Crippen LogP contribution is 2.19. The molecule has 0 spiro atoms. The molecule has 0 saturated heterocycles. The summed E-state index contributed by atoms with van der Waals surface area (Å²) in [5, 5.41) is 0.338. The molecule has 0 N–H and O–H groups in total. The molecule has 19 heavy (non-hydrogen) atoms. The maximum absolute atomic E-state index is 13.3. The molecule has 0 aromatic heterocycles. The van der Waals surface area contributed by atoms with Crippen molar-refractivity contribution < 1.29 is 13.9 Å². The summed E-state index contributed by atoms with van der Waals surface area (Å²) in [4.78, 5) is 11.6. The van der Waals surface area contributed by atoms with Gasteiger partial charge in [-0.1, -0.05) is 29.8 Å². The Morgan fingerprint density at radius 2 is 2.00 bits per heavy atom. The normalized spacial score (nSPS) is 10.3. The topological polar surface area (TPSA) is 26.3 Å². The molecular formula is C15H12ClFO2. The van der Waals surface area contributed by atoms with E-state index in [0.29, 0.717) is 22.6 Å². The fourth-order valence-corrected chi connectivity index (χ4v) is 2.16. The van der Waals surface area contributed by atoms with Crippen molar-refractivity contribution in [1.29, 1.82) is 0 Å². The van der Waals surface area contributed by atoms with E-state index in [0.717, 1.165) is 5.56 Å². The van der Waals surface area contributed by atoms with E-state index < -0.39 is 11.8 Å². The van der Waals surface area contributed by atoms with Crippen LogP contribution in [0.4, 0.5) is 4.39 Å². The molecule has 0 atom stereocenters. The van der Waals surface area contributed by atoms with Crippen molar-refractivity contribution >= 4 is 17.6 Å². The van der Waals surface area contributed by atoms with Crippen LogP contribution in [-0.2, 0) is 11.2 Å². The van der Waals surface area contributed by atoms with Crippen LogP contribution in [-0.4, -0.2) is 13.1 Å². The van der Waals surface area contributed by atoms with Crippen LogP contribution in [0.2, 0.25) is 5.02 Å². The van der Waals surface area contributed by atoms with E-state index in [4.69, 9.17) is 16.3 Å². The zero-order chi connectivity index (χ0) is 13.8. The highest BCUT2D eigenvalue weighted by Gasteiger charge is 2.11. The van der Waals surface area contributed by atoms with Gasteiger partial charge >= 0.3 is 5.97 Å². The minimum absolute atomic E-state index is 0.338.